The number of hydrogen-bond donors (Lipinski definition) is 3. The summed E-state index contributed by atoms with van der Waals surface area (Å²) >= 11 is 0. The predicted molar refractivity (Wildman–Crippen MR) is 70.1 cm³/mol. The molecule has 1 aromatic heterocycles. The van der Waals surface area contributed by atoms with Crippen LogP contribution in [0.15, 0.2) is 35.3 Å². The van der Waals surface area contributed by atoms with E-state index in [-0.39, 0.29) is 24.3 Å². The van der Waals surface area contributed by atoms with Gasteiger partial charge in [0.2, 0.25) is 5.91 Å². The zero-order valence-corrected chi connectivity index (χ0v) is 9.97. The fourth-order valence-corrected chi connectivity index (χ4v) is 1.71. The first kappa shape index (κ1) is 12.8. The van der Waals surface area contributed by atoms with E-state index in [0.29, 0.717) is 16.5 Å². The van der Waals surface area contributed by atoms with Crippen LogP contribution in [0.4, 0.5) is 5.69 Å². The number of pyridine rings is 1. The van der Waals surface area contributed by atoms with Crippen LogP contribution in [0.2, 0.25) is 0 Å². The molecule has 0 saturated heterocycles. The average Bonchev–Trinajstić information content (AvgIpc) is 2.36. The van der Waals surface area contributed by atoms with Crippen LogP contribution in [0.3, 0.4) is 0 Å². The van der Waals surface area contributed by atoms with Gasteiger partial charge >= 0.3 is 5.97 Å². The largest absolute Gasteiger partial charge is 0.481 e. The number of carbonyl (C=O) groups is 2. The molecule has 6 nitrogen and oxygen atoms in total. The van der Waals surface area contributed by atoms with Crippen molar-refractivity contribution in [2.45, 2.75) is 12.8 Å². The number of fused-ring (bicyclic) bond motifs is 1. The standard InChI is InChI=1S/C13H12N2O4/c16-11(3-4-12(17)18)15-9-1-2-10-8(7-9)5-6-14-13(10)19/h1-2,5-7H,3-4H2,(H,14,19)(H,15,16)(H,17,18). The van der Waals surface area contributed by atoms with Gasteiger partial charge in [0.1, 0.15) is 0 Å². The van der Waals surface area contributed by atoms with Gasteiger partial charge in [-0.25, -0.2) is 0 Å². The number of anilines is 1. The zero-order valence-electron chi connectivity index (χ0n) is 9.97. The van der Waals surface area contributed by atoms with Crippen molar-refractivity contribution in [2.24, 2.45) is 0 Å². The highest BCUT2D eigenvalue weighted by molar-refractivity contribution is 5.95. The number of benzene rings is 1. The summed E-state index contributed by atoms with van der Waals surface area (Å²) in [5.74, 6) is -1.38. The maximum absolute atomic E-state index is 11.5. The second-order valence-electron chi connectivity index (χ2n) is 4.05. The quantitative estimate of drug-likeness (QED) is 0.772. The normalized spacial score (nSPS) is 10.3. The molecule has 1 heterocycles. The molecular formula is C13H12N2O4. The van der Waals surface area contributed by atoms with Gasteiger partial charge in [-0.1, -0.05) is 0 Å². The van der Waals surface area contributed by atoms with E-state index >= 15 is 0 Å². The third kappa shape index (κ3) is 3.19. The summed E-state index contributed by atoms with van der Waals surface area (Å²) in [6.45, 7) is 0. The third-order valence-corrected chi connectivity index (χ3v) is 2.62. The van der Waals surface area contributed by atoms with Crippen molar-refractivity contribution in [3.8, 4) is 0 Å². The highest BCUT2D eigenvalue weighted by Crippen LogP contribution is 2.16. The van der Waals surface area contributed by atoms with Crippen molar-refractivity contribution in [1.82, 2.24) is 4.98 Å². The Bertz CT molecular complexity index is 690. The Labute approximate surface area is 108 Å². The number of aliphatic carboxylic acids is 1. The molecule has 0 bridgehead atoms. The lowest BCUT2D eigenvalue weighted by Gasteiger charge is -2.05. The third-order valence-electron chi connectivity index (χ3n) is 2.62. The molecule has 1 aromatic carbocycles. The van der Waals surface area contributed by atoms with Crippen molar-refractivity contribution in [2.75, 3.05) is 5.32 Å². The second kappa shape index (κ2) is 5.34. The van der Waals surface area contributed by atoms with Crippen molar-refractivity contribution in [1.29, 1.82) is 0 Å². The molecule has 6 heteroatoms. The van der Waals surface area contributed by atoms with E-state index in [1.807, 2.05) is 0 Å². The molecule has 0 fully saturated rings. The van der Waals surface area contributed by atoms with Gasteiger partial charge in [0.15, 0.2) is 0 Å². The number of aromatic amines is 1. The van der Waals surface area contributed by atoms with E-state index in [1.54, 1.807) is 24.3 Å². The highest BCUT2D eigenvalue weighted by Gasteiger charge is 2.06. The first-order chi connectivity index (χ1) is 9.06. The smallest absolute Gasteiger partial charge is 0.303 e. The number of carboxylic acids is 1. The first-order valence-corrected chi connectivity index (χ1v) is 5.69. The Morgan fingerprint density at radius 1 is 1.21 bits per heavy atom. The molecule has 2 rings (SSSR count). The molecule has 1 amide bonds. The van der Waals surface area contributed by atoms with E-state index in [1.165, 1.54) is 6.20 Å². The molecule has 19 heavy (non-hydrogen) atoms. The zero-order chi connectivity index (χ0) is 13.8. The number of rotatable bonds is 4. The van der Waals surface area contributed by atoms with Gasteiger partial charge in [0.25, 0.3) is 5.56 Å². The number of amides is 1. The topological polar surface area (TPSA) is 99.3 Å². The van der Waals surface area contributed by atoms with Gasteiger partial charge in [-0.15, -0.1) is 0 Å². The van der Waals surface area contributed by atoms with Gasteiger partial charge in [0, 0.05) is 23.7 Å². The Kier molecular flexibility index (Phi) is 3.61. The number of nitrogens with one attached hydrogen (secondary N) is 2. The van der Waals surface area contributed by atoms with Crippen LogP contribution in [-0.4, -0.2) is 22.0 Å². The SMILES string of the molecule is O=C(O)CCC(=O)Nc1ccc2c(=O)[nH]ccc2c1. The number of H-pyrrole nitrogens is 1. The minimum absolute atomic E-state index is 0.0806. The number of carbonyl (C=O) groups excluding carboxylic acids is 1. The van der Waals surface area contributed by atoms with E-state index in [9.17, 15) is 14.4 Å². The Balaban J connectivity index is 2.16. The fraction of sp³-hybridized carbons (Fsp3) is 0.154. The Morgan fingerprint density at radius 2 is 2.00 bits per heavy atom. The molecule has 98 valence electrons. The molecule has 0 aliphatic rings. The molecule has 0 aliphatic heterocycles. The molecule has 0 saturated carbocycles. The van der Waals surface area contributed by atoms with Gasteiger partial charge in [-0.05, 0) is 29.7 Å². The molecule has 2 aromatic rings. The summed E-state index contributed by atoms with van der Waals surface area (Å²) < 4.78 is 0. The maximum Gasteiger partial charge on any atom is 0.303 e. The van der Waals surface area contributed by atoms with Gasteiger partial charge in [0.05, 0.1) is 6.42 Å². The number of aromatic nitrogens is 1. The molecular weight excluding hydrogens is 248 g/mol. The summed E-state index contributed by atoms with van der Waals surface area (Å²) in [6, 6.07) is 6.62. The summed E-state index contributed by atoms with van der Waals surface area (Å²) in [5, 5.41) is 12.3. The Morgan fingerprint density at radius 3 is 2.74 bits per heavy atom. The van der Waals surface area contributed by atoms with Crippen LogP contribution in [0.25, 0.3) is 10.8 Å². The highest BCUT2D eigenvalue weighted by atomic mass is 16.4. The van der Waals surface area contributed by atoms with Crippen LogP contribution in [-0.2, 0) is 9.59 Å². The van der Waals surface area contributed by atoms with Gasteiger partial charge in [-0.3, -0.25) is 14.4 Å². The van der Waals surface area contributed by atoms with Crippen LogP contribution in [0.5, 0.6) is 0 Å². The lowest BCUT2D eigenvalue weighted by molar-refractivity contribution is -0.138. The van der Waals surface area contributed by atoms with E-state index < -0.39 is 5.97 Å². The Hall–Kier alpha value is -2.63. The first-order valence-electron chi connectivity index (χ1n) is 5.69. The van der Waals surface area contributed by atoms with E-state index in [0.717, 1.165) is 0 Å². The lowest BCUT2D eigenvalue weighted by Crippen LogP contribution is -2.13. The second-order valence-corrected chi connectivity index (χ2v) is 4.05. The van der Waals surface area contributed by atoms with Crippen LogP contribution >= 0.6 is 0 Å². The monoisotopic (exact) mass is 260 g/mol. The molecule has 0 spiro atoms. The van der Waals surface area contributed by atoms with Crippen LogP contribution in [0, 0.1) is 0 Å². The van der Waals surface area contributed by atoms with Crippen LogP contribution < -0.4 is 10.9 Å². The lowest BCUT2D eigenvalue weighted by atomic mass is 10.1. The van der Waals surface area contributed by atoms with Crippen molar-refractivity contribution >= 4 is 28.3 Å². The average molecular weight is 260 g/mol. The molecule has 0 radical (unpaired) electrons. The number of carboxylic acid groups (broad SMARTS) is 1. The van der Waals surface area contributed by atoms with E-state index in [4.69, 9.17) is 5.11 Å². The van der Waals surface area contributed by atoms with Crippen molar-refractivity contribution in [3.63, 3.8) is 0 Å². The summed E-state index contributed by atoms with van der Waals surface area (Å²) in [6.07, 6.45) is 1.24. The maximum atomic E-state index is 11.5. The predicted octanol–water partition coefficient (Wildman–Crippen LogP) is 1.33. The summed E-state index contributed by atoms with van der Waals surface area (Å²) in [5.41, 5.74) is 0.342. The minimum Gasteiger partial charge on any atom is -0.481 e. The molecule has 3 N–H and O–H groups in total. The van der Waals surface area contributed by atoms with Crippen molar-refractivity contribution in [3.05, 3.63) is 40.8 Å². The molecule has 0 unspecified atom stereocenters. The van der Waals surface area contributed by atoms with Crippen LogP contribution in [0.1, 0.15) is 12.8 Å². The summed E-state index contributed by atoms with van der Waals surface area (Å²) in [7, 11) is 0. The van der Waals surface area contributed by atoms with Gasteiger partial charge < -0.3 is 15.4 Å². The van der Waals surface area contributed by atoms with E-state index in [2.05, 4.69) is 10.3 Å². The van der Waals surface area contributed by atoms with Gasteiger partial charge in [-0.2, -0.15) is 0 Å². The fourth-order valence-electron chi connectivity index (χ4n) is 1.71. The van der Waals surface area contributed by atoms with Crippen molar-refractivity contribution < 1.29 is 14.7 Å². The number of hydrogen-bond acceptors (Lipinski definition) is 3. The molecule has 0 atom stereocenters. The minimum atomic E-state index is -1.01. The summed E-state index contributed by atoms with van der Waals surface area (Å²) in [4.78, 5) is 35.9. The molecule has 0 aliphatic carbocycles.